The largest absolute Gasteiger partial charge is 0.487 e. The molecule has 0 aliphatic heterocycles. The van der Waals surface area contributed by atoms with Gasteiger partial charge in [-0.1, -0.05) is 12.1 Å². The van der Waals surface area contributed by atoms with Crippen LogP contribution < -0.4 is 4.74 Å². The molecule has 0 saturated carbocycles. The molecule has 0 aliphatic carbocycles. The quantitative estimate of drug-likeness (QED) is 0.928. The SMILES string of the molecule is Cc1ccc([C@H](C)O)c(OCc2c(Br)c(C)nn2C)c1. The lowest BCUT2D eigenvalue weighted by Gasteiger charge is -2.14. The Morgan fingerprint density at radius 2 is 2.10 bits per heavy atom. The van der Waals surface area contributed by atoms with E-state index in [0.717, 1.165) is 27.0 Å². The summed E-state index contributed by atoms with van der Waals surface area (Å²) in [6.45, 7) is 6.09. The molecule has 1 N–H and O–H groups in total. The van der Waals surface area contributed by atoms with Crippen LogP contribution in [0.1, 0.15) is 35.5 Å². The van der Waals surface area contributed by atoms with Gasteiger partial charge in [0, 0.05) is 12.6 Å². The number of hydrogen-bond donors (Lipinski definition) is 1. The second-order valence-electron chi connectivity index (χ2n) is 4.98. The first-order valence-corrected chi connectivity index (χ1v) is 7.29. The van der Waals surface area contributed by atoms with Crippen LogP contribution >= 0.6 is 15.9 Å². The Balaban J connectivity index is 2.24. The Labute approximate surface area is 127 Å². The van der Waals surface area contributed by atoms with Crippen molar-refractivity contribution >= 4 is 15.9 Å². The van der Waals surface area contributed by atoms with Crippen molar-refractivity contribution in [3.8, 4) is 5.75 Å². The van der Waals surface area contributed by atoms with E-state index in [0.29, 0.717) is 12.4 Å². The minimum absolute atomic E-state index is 0.404. The lowest BCUT2D eigenvalue weighted by Crippen LogP contribution is -2.06. The van der Waals surface area contributed by atoms with Gasteiger partial charge in [-0.2, -0.15) is 5.10 Å². The van der Waals surface area contributed by atoms with Gasteiger partial charge in [0.15, 0.2) is 0 Å². The van der Waals surface area contributed by atoms with Crippen LogP contribution in [0.25, 0.3) is 0 Å². The van der Waals surface area contributed by atoms with E-state index in [1.165, 1.54) is 0 Å². The summed E-state index contributed by atoms with van der Waals surface area (Å²) in [4.78, 5) is 0. The molecule has 4 nitrogen and oxygen atoms in total. The zero-order chi connectivity index (χ0) is 14.9. The van der Waals surface area contributed by atoms with Crippen LogP contribution in [0.3, 0.4) is 0 Å². The predicted molar refractivity (Wildman–Crippen MR) is 81.8 cm³/mol. The number of nitrogens with zero attached hydrogens (tertiary/aromatic N) is 2. The van der Waals surface area contributed by atoms with Gasteiger partial charge in [0.05, 0.1) is 22.0 Å². The van der Waals surface area contributed by atoms with Crippen LogP contribution in [-0.4, -0.2) is 14.9 Å². The Kier molecular flexibility index (Phi) is 4.50. The molecule has 2 aromatic rings. The van der Waals surface area contributed by atoms with Gasteiger partial charge in [-0.15, -0.1) is 0 Å². The summed E-state index contributed by atoms with van der Waals surface area (Å²) in [6.07, 6.45) is -0.553. The molecule has 2 rings (SSSR count). The number of aliphatic hydroxyl groups is 1. The maximum Gasteiger partial charge on any atom is 0.131 e. The van der Waals surface area contributed by atoms with Crippen molar-refractivity contribution in [2.45, 2.75) is 33.5 Å². The summed E-state index contributed by atoms with van der Waals surface area (Å²) >= 11 is 3.52. The number of ether oxygens (including phenoxy) is 1. The summed E-state index contributed by atoms with van der Waals surface area (Å²) in [7, 11) is 1.89. The summed E-state index contributed by atoms with van der Waals surface area (Å²) in [5, 5.41) is 14.1. The van der Waals surface area contributed by atoms with E-state index in [1.807, 2.05) is 39.1 Å². The fourth-order valence-electron chi connectivity index (χ4n) is 2.09. The molecule has 0 radical (unpaired) electrons. The topological polar surface area (TPSA) is 47.3 Å². The number of halogens is 1. The number of aryl methyl sites for hydroxylation is 3. The number of aromatic nitrogens is 2. The lowest BCUT2D eigenvalue weighted by molar-refractivity contribution is 0.189. The Morgan fingerprint density at radius 1 is 1.40 bits per heavy atom. The van der Waals surface area contributed by atoms with Crippen molar-refractivity contribution in [3.05, 3.63) is 45.2 Å². The molecule has 0 amide bonds. The third-order valence-corrected chi connectivity index (χ3v) is 4.28. The third-order valence-electron chi connectivity index (χ3n) is 3.25. The first-order chi connectivity index (χ1) is 9.40. The molecule has 0 unspecified atom stereocenters. The molecule has 0 saturated heterocycles. The standard InChI is InChI=1S/C15H19BrN2O2/c1-9-5-6-12(11(3)19)14(7-9)20-8-13-15(16)10(2)17-18(13)4/h5-7,11,19H,8H2,1-4H3/t11-/m0/s1. The van der Waals surface area contributed by atoms with Crippen molar-refractivity contribution in [3.63, 3.8) is 0 Å². The van der Waals surface area contributed by atoms with E-state index < -0.39 is 6.10 Å². The highest BCUT2D eigenvalue weighted by atomic mass is 79.9. The van der Waals surface area contributed by atoms with Gasteiger partial charge in [-0.3, -0.25) is 4.68 Å². The van der Waals surface area contributed by atoms with Crippen molar-refractivity contribution in [2.75, 3.05) is 0 Å². The van der Waals surface area contributed by atoms with E-state index in [1.54, 1.807) is 11.6 Å². The first kappa shape index (κ1) is 15.1. The van der Waals surface area contributed by atoms with Gasteiger partial charge < -0.3 is 9.84 Å². The van der Waals surface area contributed by atoms with E-state index >= 15 is 0 Å². The van der Waals surface area contributed by atoms with Crippen LogP contribution in [0.5, 0.6) is 5.75 Å². The van der Waals surface area contributed by atoms with Gasteiger partial charge in [0.2, 0.25) is 0 Å². The van der Waals surface area contributed by atoms with Gasteiger partial charge in [0.25, 0.3) is 0 Å². The average Bonchev–Trinajstić information content (AvgIpc) is 2.61. The molecule has 0 spiro atoms. The molecule has 1 aromatic heterocycles. The van der Waals surface area contributed by atoms with Crippen LogP contribution in [0.4, 0.5) is 0 Å². The molecular formula is C15H19BrN2O2. The molecular weight excluding hydrogens is 320 g/mol. The highest BCUT2D eigenvalue weighted by Gasteiger charge is 2.14. The normalized spacial score (nSPS) is 12.5. The minimum atomic E-state index is -0.553. The summed E-state index contributed by atoms with van der Waals surface area (Å²) in [6, 6.07) is 5.82. The van der Waals surface area contributed by atoms with E-state index in [9.17, 15) is 5.11 Å². The second kappa shape index (κ2) is 5.97. The smallest absolute Gasteiger partial charge is 0.131 e. The lowest BCUT2D eigenvalue weighted by atomic mass is 10.1. The van der Waals surface area contributed by atoms with Gasteiger partial charge in [-0.25, -0.2) is 0 Å². The van der Waals surface area contributed by atoms with Crippen molar-refractivity contribution in [1.82, 2.24) is 9.78 Å². The molecule has 108 valence electrons. The summed E-state index contributed by atoms with van der Waals surface area (Å²) < 4.78 is 8.66. The molecule has 5 heteroatoms. The zero-order valence-corrected chi connectivity index (χ0v) is 13.7. The molecule has 1 aromatic carbocycles. The molecule has 0 aliphatic rings. The molecule has 1 heterocycles. The number of benzene rings is 1. The zero-order valence-electron chi connectivity index (χ0n) is 12.1. The van der Waals surface area contributed by atoms with Crippen molar-refractivity contribution in [1.29, 1.82) is 0 Å². The highest BCUT2D eigenvalue weighted by molar-refractivity contribution is 9.10. The monoisotopic (exact) mass is 338 g/mol. The van der Waals surface area contributed by atoms with Crippen LogP contribution in [-0.2, 0) is 13.7 Å². The fraction of sp³-hybridized carbons (Fsp3) is 0.400. The van der Waals surface area contributed by atoms with E-state index in [2.05, 4.69) is 21.0 Å². The fourth-order valence-corrected chi connectivity index (χ4v) is 2.55. The molecule has 20 heavy (non-hydrogen) atoms. The number of aliphatic hydroxyl groups excluding tert-OH is 1. The van der Waals surface area contributed by atoms with Crippen LogP contribution in [0, 0.1) is 13.8 Å². The van der Waals surface area contributed by atoms with Gasteiger partial charge in [-0.05, 0) is 48.3 Å². The first-order valence-electron chi connectivity index (χ1n) is 6.49. The maximum atomic E-state index is 9.80. The molecule has 0 fully saturated rings. The van der Waals surface area contributed by atoms with Crippen LogP contribution in [0.2, 0.25) is 0 Å². The average molecular weight is 339 g/mol. The van der Waals surface area contributed by atoms with Crippen molar-refractivity contribution in [2.24, 2.45) is 7.05 Å². The molecule has 0 bridgehead atoms. The highest BCUT2D eigenvalue weighted by Crippen LogP contribution is 2.28. The van der Waals surface area contributed by atoms with Gasteiger partial charge >= 0.3 is 0 Å². The van der Waals surface area contributed by atoms with Crippen molar-refractivity contribution < 1.29 is 9.84 Å². The molecule has 1 atom stereocenters. The Bertz CT molecular complexity index is 621. The van der Waals surface area contributed by atoms with Crippen LogP contribution in [0.15, 0.2) is 22.7 Å². The number of hydrogen-bond acceptors (Lipinski definition) is 3. The third kappa shape index (κ3) is 3.04. The minimum Gasteiger partial charge on any atom is -0.487 e. The number of rotatable bonds is 4. The summed E-state index contributed by atoms with van der Waals surface area (Å²) in [5.74, 6) is 0.714. The maximum absolute atomic E-state index is 9.80. The van der Waals surface area contributed by atoms with E-state index in [-0.39, 0.29) is 0 Å². The van der Waals surface area contributed by atoms with Gasteiger partial charge in [0.1, 0.15) is 12.4 Å². The predicted octanol–water partition coefficient (Wildman–Crippen LogP) is 3.43. The Hall–Kier alpha value is -1.33. The van der Waals surface area contributed by atoms with E-state index in [4.69, 9.17) is 4.74 Å². The second-order valence-corrected chi connectivity index (χ2v) is 5.77. The Morgan fingerprint density at radius 3 is 2.65 bits per heavy atom. The summed E-state index contributed by atoms with van der Waals surface area (Å²) in [5.41, 5.74) is 3.81.